The fraction of sp³-hybridized carbons (Fsp3) is 0.533. The van der Waals surface area contributed by atoms with E-state index in [0.717, 1.165) is 6.42 Å². The summed E-state index contributed by atoms with van der Waals surface area (Å²) in [5, 5.41) is 3.01. The molecule has 22 heavy (non-hydrogen) atoms. The highest BCUT2D eigenvalue weighted by Crippen LogP contribution is 2.11. The number of carbonyl (C=O) groups is 1. The molecule has 0 unspecified atom stereocenters. The molecule has 0 aliphatic rings. The molecule has 7 heteroatoms. The summed E-state index contributed by atoms with van der Waals surface area (Å²) in [7, 11) is 3.38. The summed E-state index contributed by atoms with van der Waals surface area (Å²) in [6, 6.07) is 5.89. The highest BCUT2D eigenvalue weighted by molar-refractivity contribution is 5.85. The maximum atomic E-state index is 12.7. The Kier molecular flexibility index (Phi) is 11.4. The number of hydrogen-bond donors (Lipinski definition) is 1. The molecule has 0 aliphatic heterocycles. The van der Waals surface area contributed by atoms with Crippen LogP contribution in [0.15, 0.2) is 24.3 Å². The number of benzene rings is 1. The molecule has 0 saturated heterocycles. The zero-order valence-corrected chi connectivity index (χ0v) is 13.8. The average molecular weight is 335 g/mol. The van der Waals surface area contributed by atoms with Gasteiger partial charge in [0.05, 0.1) is 19.8 Å². The summed E-state index contributed by atoms with van der Waals surface area (Å²) >= 11 is 0. The first-order chi connectivity index (χ1) is 10.1. The maximum Gasteiger partial charge on any atom is 0.236 e. The maximum absolute atomic E-state index is 12.7. The fourth-order valence-electron chi connectivity index (χ4n) is 1.65. The van der Waals surface area contributed by atoms with Gasteiger partial charge in [0.2, 0.25) is 5.91 Å². The van der Waals surface area contributed by atoms with E-state index < -0.39 is 0 Å². The molecule has 0 atom stereocenters. The van der Waals surface area contributed by atoms with E-state index in [2.05, 4.69) is 5.32 Å². The normalized spacial score (nSPS) is 9.95. The predicted octanol–water partition coefficient (Wildman–Crippen LogP) is 1.71. The number of nitrogens with zero attached hydrogens (tertiary/aromatic N) is 1. The molecule has 1 aromatic rings. The number of carbonyl (C=O) groups excluding carboxylic acids is 1. The number of halogens is 2. The molecule has 0 radical (unpaired) electrons. The third-order valence-electron chi connectivity index (χ3n) is 2.91. The monoisotopic (exact) mass is 334 g/mol. The standard InChI is InChI=1S/C15H23FN2O3.ClH/c1-18(15(19)12-17-8-11-20-2)9-3-10-21-14-6-4-13(16)5-7-14;/h4-7,17H,3,8-12H2,1-2H3;1H. The minimum absolute atomic E-state index is 0. The first-order valence-corrected chi connectivity index (χ1v) is 6.95. The number of nitrogens with one attached hydrogen (secondary N) is 1. The topological polar surface area (TPSA) is 50.8 Å². The van der Waals surface area contributed by atoms with Gasteiger partial charge in [0, 0.05) is 27.2 Å². The fourth-order valence-corrected chi connectivity index (χ4v) is 1.65. The van der Waals surface area contributed by atoms with Gasteiger partial charge in [0.15, 0.2) is 0 Å². The van der Waals surface area contributed by atoms with Gasteiger partial charge in [-0.25, -0.2) is 4.39 Å². The van der Waals surface area contributed by atoms with Crippen LogP contribution in [0.4, 0.5) is 4.39 Å². The van der Waals surface area contributed by atoms with Gasteiger partial charge in [-0.3, -0.25) is 4.79 Å². The molecule has 1 amide bonds. The number of ether oxygens (including phenoxy) is 2. The number of methoxy groups -OCH3 is 1. The van der Waals surface area contributed by atoms with Crippen molar-refractivity contribution in [2.45, 2.75) is 6.42 Å². The van der Waals surface area contributed by atoms with E-state index in [1.165, 1.54) is 12.1 Å². The molecule has 0 spiro atoms. The van der Waals surface area contributed by atoms with Gasteiger partial charge in [-0.1, -0.05) is 0 Å². The average Bonchev–Trinajstić information content (AvgIpc) is 2.49. The highest BCUT2D eigenvalue weighted by Gasteiger charge is 2.07. The SMILES string of the molecule is COCCNCC(=O)N(C)CCCOc1ccc(F)cc1.Cl. The number of likely N-dealkylation sites (N-methyl/N-ethyl adjacent to an activating group) is 1. The molecule has 0 heterocycles. The van der Waals surface area contributed by atoms with E-state index in [0.29, 0.717) is 38.6 Å². The lowest BCUT2D eigenvalue weighted by Gasteiger charge is -2.17. The van der Waals surface area contributed by atoms with Crippen LogP contribution in [0, 0.1) is 5.82 Å². The van der Waals surface area contributed by atoms with Gasteiger partial charge in [-0.15, -0.1) is 12.4 Å². The van der Waals surface area contributed by atoms with Crippen molar-refractivity contribution in [3.05, 3.63) is 30.1 Å². The first kappa shape index (κ1) is 20.6. The third kappa shape index (κ3) is 8.81. The Balaban J connectivity index is 0.00000441. The van der Waals surface area contributed by atoms with Crippen LogP contribution in [0.25, 0.3) is 0 Å². The smallest absolute Gasteiger partial charge is 0.236 e. The molecule has 1 aromatic carbocycles. The lowest BCUT2D eigenvalue weighted by molar-refractivity contribution is -0.129. The van der Waals surface area contributed by atoms with E-state index in [9.17, 15) is 9.18 Å². The Morgan fingerprint density at radius 2 is 1.95 bits per heavy atom. The minimum atomic E-state index is -0.284. The van der Waals surface area contributed by atoms with Crippen LogP contribution in [0.5, 0.6) is 5.75 Å². The van der Waals surface area contributed by atoms with Crippen molar-refractivity contribution in [3.8, 4) is 5.75 Å². The van der Waals surface area contributed by atoms with Gasteiger partial charge in [-0.2, -0.15) is 0 Å². The van der Waals surface area contributed by atoms with Crippen molar-refractivity contribution in [1.82, 2.24) is 10.2 Å². The van der Waals surface area contributed by atoms with Crippen LogP contribution in [-0.4, -0.2) is 57.8 Å². The second kappa shape index (κ2) is 12.2. The lowest BCUT2D eigenvalue weighted by Crippen LogP contribution is -2.37. The third-order valence-corrected chi connectivity index (χ3v) is 2.91. The minimum Gasteiger partial charge on any atom is -0.494 e. The van der Waals surface area contributed by atoms with Crippen LogP contribution in [0.3, 0.4) is 0 Å². The zero-order valence-electron chi connectivity index (χ0n) is 13.0. The Morgan fingerprint density at radius 1 is 1.27 bits per heavy atom. The van der Waals surface area contributed by atoms with E-state index in [-0.39, 0.29) is 24.1 Å². The second-order valence-electron chi connectivity index (χ2n) is 4.64. The van der Waals surface area contributed by atoms with Gasteiger partial charge >= 0.3 is 0 Å². The van der Waals surface area contributed by atoms with Gasteiger partial charge in [0.25, 0.3) is 0 Å². The Hall–Kier alpha value is -1.37. The summed E-state index contributed by atoms with van der Waals surface area (Å²) in [6.45, 7) is 2.65. The summed E-state index contributed by atoms with van der Waals surface area (Å²) in [5.74, 6) is 0.383. The largest absolute Gasteiger partial charge is 0.494 e. The summed E-state index contributed by atoms with van der Waals surface area (Å²) in [6.07, 6.45) is 0.720. The van der Waals surface area contributed by atoms with Crippen molar-refractivity contribution < 1.29 is 18.7 Å². The summed E-state index contributed by atoms with van der Waals surface area (Å²) in [4.78, 5) is 13.4. The Labute approximate surface area is 137 Å². The van der Waals surface area contributed by atoms with Gasteiger partial charge in [-0.05, 0) is 30.7 Å². The number of amides is 1. The van der Waals surface area contributed by atoms with Crippen LogP contribution >= 0.6 is 12.4 Å². The van der Waals surface area contributed by atoms with Crippen LogP contribution < -0.4 is 10.1 Å². The van der Waals surface area contributed by atoms with Crippen molar-refractivity contribution in [2.24, 2.45) is 0 Å². The van der Waals surface area contributed by atoms with E-state index in [1.54, 1.807) is 31.2 Å². The van der Waals surface area contributed by atoms with Crippen molar-refractivity contribution >= 4 is 18.3 Å². The zero-order chi connectivity index (χ0) is 15.5. The van der Waals surface area contributed by atoms with Crippen molar-refractivity contribution in [1.29, 1.82) is 0 Å². The van der Waals surface area contributed by atoms with Gasteiger partial charge < -0.3 is 19.7 Å². The summed E-state index contributed by atoms with van der Waals surface area (Å²) < 4.78 is 23.1. The van der Waals surface area contributed by atoms with E-state index >= 15 is 0 Å². The molecule has 0 saturated carbocycles. The summed E-state index contributed by atoms with van der Waals surface area (Å²) in [5.41, 5.74) is 0. The van der Waals surface area contributed by atoms with Crippen molar-refractivity contribution in [2.75, 3.05) is 47.0 Å². The van der Waals surface area contributed by atoms with Gasteiger partial charge in [0.1, 0.15) is 11.6 Å². The molecule has 0 aliphatic carbocycles. The molecule has 0 fully saturated rings. The molecular formula is C15H24ClFN2O3. The Morgan fingerprint density at radius 3 is 2.59 bits per heavy atom. The number of hydrogen-bond acceptors (Lipinski definition) is 4. The molecular weight excluding hydrogens is 311 g/mol. The van der Waals surface area contributed by atoms with Crippen LogP contribution in [0.2, 0.25) is 0 Å². The molecule has 5 nitrogen and oxygen atoms in total. The van der Waals surface area contributed by atoms with Crippen molar-refractivity contribution in [3.63, 3.8) is 0 Å². The molecule has 1 rings (SSSR count). The highest BCUT2D eigenvalue weighted by atomic mass is 35.5. The second-order valence-corrected chi connectivity index (χ2v) is 4.64. The molecule has 126 valence electrons. The number of rotatable bonds is 10. The lowest BCUT2D eigenvalue weighted by atomic mass is 10.3. The van der Waals surface area contributed by atoms with E-state index in [1.807, 2.05) is 0 Å². The van der Waals surface area contributed by atoms with E-state index in [4.69, 9.17) is 9.47 Å². The molecule has 1 N–H and O–H groups in total. The first-order valence-electron chi connectivity index (χ1n) is 6.95. The Bertz CT molecular complexity index is 418. The predicted molar refractivity (Wildman–Crippen MR) is 86.1 cm³/mol. The van der Waals surface area contributed by atoms with Crippen LogP contribution in [0.1, 0.15) is 6.42 Å². The van der Waals surface area contributed by atoms with Crippen LogP contribution in [-0.2, 0) is 9.53 Å². The molecule has 0 aromatic heterocycles. The quantitative estimate of drug-likeness (QED) is 0.662. The molecule has 0 bridgehead atoms.